The van der Waals surface area contributed by atoms with E-state index in [2.05, 4.69) is 0 Å². The van der Waals surface area contributed by atoms with Crippen LogP contribution in [0, 0.1) is 0 Å². The van der Waals surface area contributed by atoms with Gasteiger partial charge in [0.2, 0.25) is 0 Å². The summed E-state index contributed by atoms with van der Waals surface area (Å²) >= 11 is 13.4. The minimum Gasteiger partial charge on any atom is -0.399 e. The minimum absolute atomic E-state index is 0.350. The van der Waals surface area contributed by atoms with Crippen LogP contribution in [0.15, 0.2) is 6.07 Å². The predicted octanol–water partition coefficient (Wildman–Crippen LogP) is 3.35. The maximum Gasteiger partial charge on any atom is 0.507 e. The fourth-order valence-electron chi connectivity index (χ4n) is 1.46. The second-order valence-electron chi connectivity index (χ2n) is 4.85. The van der Waals surface area contributed by atoms with Crippen molar-refractivity contribution in [2.45, 2.75) is 38.9 Å². The van der Waals surface area contributed by atoms with Gasteiger partial charge in [-0.15, -0.1) is 11.3 Å². The van der Waals surface area contributed by atoms with E-state index in [0.717, 1.165) is 4.78 Å². The summed E-state index contributed by atoms with van der Waals surface area (Å²) in [6.07, 6.45) is 0. The fraction of sp³-hybridized carbons (Fsp3) is 0.600. The lowest BCUT2D eigenvalue weighted by molar-refractivity contribution is 0.00578. The van der Waals surface area contributed by atoms with Gasteiger partial charge in [0.05, 0.1) is 25.3 Å². The van der Waals surface area contributed by atoms with Gasteiger partial charge in [0.1, 0.15) is 0 Å². The average molecular weight is 279 g/mol. The van der Waals surface area contributed by atoms with E-state index < -0.39 is 7.12 Å². The molecule has 1 saturated heterocycles. The topological polar surface area (TPSA) is 18.5 Å². The van der Waals surface area contributed by atoms with Crippen LogP contribution in [-0.4, -0.2) is 18.3 Å². The van der Waals surface area contributed by atoms with Crippen molar-refractivity contribution in [1.82, 2.24) is 0 Å². The van der Waals surface area contributed by atoms with E-state index in [4.69, 9.17) is 32.5 Å². The Labute approximate surface area is 110 Å². The van der Waals surface area contributed by atoms with Crippen LogP contribution >= 0.6 is 34.5 Å². The van der Waals surface area contributed by atoms with E-state index in [1.165, 1.54) is 11.3 Å². The van der Waals surface area contributed by atoms with Gasteiger partial charge >= 0.3 is 7.12 Å². The van der Waals surface area contributed by atoms with Gasteiger partial charge in [-0.05, 0) is 33.8 Å². The number of hydrogen-bond donors (Lipinski definition) is 0. The lowest BCUT2D eigenvalue weighted by atomic mass is 9.88. The van der Waals surface area contributed by atoms with Gasteiger partial charge in [-0.1, -0.05) is 23.2 Å². The molecule has 0 amide bonds. The molecule has 0 aliphatic carbocycles. The summed E-state index contributed by atoms with van der Waals surface area (Å²) < 4.78 is 13.3. The fourth-order valence-corrected chi connectivity index (χ4v) is 2.99. The molecule has 2 rings (SSSR count). The largest absolute Gasteiger partial charge is 0.507 e. The molecule has 2 nitrogen and oxygen atoms in total. The molecule has 1 aromatic rings. The summed E-state index contributed by atoms with van der Waals surface area (Å²) in [7, 11) is -0.421. The van der Waals surface area contributed by atoms with Crippen LogP contribution in [0.25, 0.3) is 0 Å². The lowest BCUT2D eigenvalue weighted by Gasteiger charge is -2.32. The molecule has 0 unspecified atom stereocenters. The van der Waals surface area contributed by atoms with Crippen LogP contribution < -0.4 is 4.78 Å². The Morgan fingerprint density at radius 1 is 1.12 bits per heavy atom. The van der Waals surface area contributed by atoms with E-state index in [-0.39, 0.29) is 11.2 Å². The van der Waals surface area contributed by atoms with Gasteiger partial charge in [0.15, 0.2) is 0 Å². The van der Waals surface area contributed by atoms with Crippen LogP contribution in [0.4, 0.5) is 0 Å². The molecule has 1 aliphatic heterocycles. The first kappa shape index (κ1) is 12.7. The monoisotopic (exact) mass is 278 g/mol. The van der Waals surface area contributed by atoms with E-state index in [9.17, 15) is 0 Å². The van der Waals surface area contributed by atoms with Crippen LogP contribution in [0.1, 0.15) is 27.7 Å². The Balaban J connectivity index is 2.30. The molecule has 6 heteroatoms. The van der Waals surface area contributed by atoms with Crippen molar-refractivity contribution >= 4 is 46.4 Å². The molecule has 0 aromatic carbocycles. The van der Waals surface area contributed by atoms with Crippen molar-refractivity contribution in [2.75, 3.05) is 0 Å². The number of thiophene rings is 1. The van der Waals surface area contributed by atoms with Crippen molar-refractivity contribution in [3.8, 4) is 0 Å². The molecular weight excluding hydrogens is 266 g/mol. The molecular formula is C10H13BCl2O2S. The van der Waals surface area contributed by atoms with Crippen molar-refractivity contribution in [3.63, 3.8) is 0 Å². The van der Waals surface area contributed by atoms with E-state index in [1.54, 1.807) is 6.07 Å². The summed E-state index contributed by atoms with van der Waals surface area (Å²) in [5, 5.41) is 0.605. The zero-order valence-corrected chi connectivity index (χ0v) is 12.0. The molecule has 0 radical (unpaired) electrons. The Bertz CT molecular complexity index is 401. The highest BCUT2D eigenvalue weighted by atomic mass is 35.5. The third kappa shape index (κ3) is 2.02. The lowest BCUT2D eigenvalue weighted by Crippen LogP contribution is -2.41. The third-order valence-corrected chi connectivity index (χ3v) is 4.86. The third-order valence-electron chi connectivity index (χ3n) is 3.15. The zero-order valence-electron chi connectivity index (χ0n) is 9.64. The van der Waals surface area contributed by atoms with Gasteiger partial charge in [-0.25, -0.2) is 0 Å². The Hall–Kier alpha value is 0.265. The van der Waals surface area contributed by atoms with Gasteiger partial charge in [0.25, 0.3) is 0 Å². The molecule has 88 valence electrons. The van der Waals surface area contributed by atoms with Crippen LogP contribution in [0.2, 0.25) is 9.36 Å². The summed E-state index contributed by atoms with van der Waals surface area (Å²) in [6.45, 7) is 8.04. The standard InChI is InChI=1S/C10H13BCl2O2S/c1-9(2)10(3,4)15-11(14-9)8-6(12)5-7(13)16-8/h5H,1-4H3. The average Bonchev–Trinajstić information content (AvgIpc) is 2.51. The van der Waals surface area contributed by atoms with Gasteiger partial charge in [-0.2, -0.15) is 0 Å². The highest BCUT2D eigenvalue weighted by molar-refractivity contribution is 7.26. The molecule has 2 heterocycles. The number of rotatable bonds is 1. The molecule has 0 N–H and O–H groups in total. The summed E-state index contributed by atoms with van der Waals surface area (Å²) in [4.78, 5) is 0. The molecule has 0 atom stereocenters. The summed E-state index contributed by atoms with van der Waals surface area (Å²) in [6, 6.07) is 1.72. The van der Waals surface area contributed by atoms with Crippen LogP contribution in [0.3, 0.4) is 0 Å². The van der Waals surface area contributed by atoms with Crippen molar-refractivity contribution in [3.05, 3.63) is 15.4 Å². The Morgan fingerprint density at radius 3 is 2.00 bits per heavy atom. The highest BCUT2D eigenvalue weighted by Gasteiger charge is 2.52. The molecule has 16 heavy (non-hydrogen) atoms. The number of hydrogen-bond acceptors (Lipinski definition) is 3. The number of halogens is 2. The molecule has 0 spiro atoms. The summed E-state index contributed by atoms with van der Waals surface area (Å²) in [5.41, 5.74) is -0.699. The zero-order chi connectivity index (χ0) is 12.1. The maximum atomic E-state index is 6.08. The van der Waals surface area contributed by atoms with Crippen molar-refractivity contribution in [1.29, 1.82) is 0 Å². The molecule has 0 saturated carbocycles. The first-order valence-electron chi connectivity index (χ1n) is 5.03. The first-order chi connectivity index (χ1) is 7.23. The van der Waals surface area contributed by atoms with E-state index in [0.29, 0.717) is 9.36 Å². The second kappa shape index (κ2) is 3.89. The highest BCUT2D eigenvalue weighted by Crippen LogP contribution is 2.38. The Morgan fingerprint density at radius 2 is 1.62 bits per heavy atom. The smallest absolute Gasteiger partial charge is 0.399 e. The maximum absolute atomic E-state index is 6.08. The van der Waals surface area contributed by atoms with E-state index in [1.807, 2.05) is 27.7 Å². The second-order valence-corrected chi connectivity index (χ2v) is 6.97. The molecule has 1 fully saturated rings. The predicted molar refractivity (Wildman–Crippen MR) is 70.1 cm³/mol. The minimum atomic E-state index is -0.421. The van der Waals surface area contributed by atoms with Crippen LogP contribution in [-0.2, 0) is 9.31 Å². The molecule has 1 aromatic heterocycles. The SMILES string of the molecule is CC1(C)OB(c2sc(Cl)cc2Cl)OC1(C)C. The van der Waals surface area contributed by atoms with Gasteiger partial charge in [-0.3, -0.25) is 0 Å². The van der Waals surface area contributed by atoms with Gasteiger partial charge < -0.3 is 9.31 Å². The van der Waals surface area contributed by atoms with Crippen molar-refractivity contribution in [2.24, 2.45) is 0 Å². The van der Waals surface area contributed by atoms with E-state index >= 15 is 0 Å². The molecule has 0 bridgehead atoms. The molecule has 1 aliphatic rings. The quantitative estimate of drug-likeness (QED) is 0.734. The summed E-state index contributed by atoms with van der Waals surface area (Å²) in [5.74, 6) is 0. The van der Waals surface area contributed by atoms with Gasteiger partial charge in [0, 0.05) is 0 Å². The normalized spacial score (nSPS) is 22.8. The van der Waals surface area contributed by atoms with Crippen molar-refractivity contribution < 1.29 is 9.31 Å². The van der Waals surface area contributed by atoms with Crippen LogP contribution in [0.5, 0.6) is 0 Å². The Kier molecular flexibility index (Phi) is 3.09. The first-order valence-corrected chi connectivity index (χ1v) is 6.60.